The lowest BCUT2D eigenvalue weighted by molar-refractivity contribution is 0.0962. The summed E-state index contributed by atoms with van der Waals surface area (Å²) >= 11 is 5.81. The lowest BCUT2D eigenvalue weighted by atomic mass is 10.2. The van der Waals surface area contributed by atoms with E-state index in [0.29, 0.717) is 22.1 Å². The van der Waals surface area contributed by atoms with Crippen LogP contribution < -0.4 is 26.1 Å². The van der Waals surface area contributed by atoms with Crippen molar-refractivity contribution in [2.45, 2.75) is 0 Å². The van der Waals surface area contributed by atoms with Crippen LogP contribution >= 0.6 is 11.6 Å². The molecule has 1 heterocycles. The maximum Gasteiger partial charge on any atom is 0.269 e. The van der Waals surface area contributed by atoms with Gasteiger partial charge < -0.3 is 15.2 Å². The number of halogens is 1. The average molecular weight is 386 g/mol. The molecule has 0 bridgehead atoms. The molecule has 0 atom stereocenters. The summed E-state index contributed by atoms with van der Waals surface area (Å²) < 4.78 is 10.9. The first-order valence-corrected chi connectivity index (χ1v) is 8.19. The van der Waals surface area contributed by atoms with Gasteiger partial charge in [0.1, 0.15) is 12.0 Å². The van der Waals surface area contributed by atoms with Crippen LogP contribution in [-0.4, -0.2) is 23.0 Å². The molecule has 0 aliphatic heterocycles. The Hall–Kier alpha value is -3.52. The average Bonchev–Trinajstić information content (AvgIpc) is 2.69. The van der Waals surface area contributed by atoms with Gasteiger partial charge in [-0.1, -0.05) is 23.7 Å². The molecule has 1 aromatic heterocycles. The number of para-hydroxylation sites is 2. The fourth-order valence-electron chi connectivity index (χ4n) is 2.16. The number of carbonyl (C=O) groups excluding carboxylic acids is 1. The Kier molecular flexibility index (Phi) is 5.58. The highest BCUT2D eigenvalue weighted by Crippen LogP contribution is 2.34. The molecule has 0 spiro atoms. The summed E-state index contributed by atoms with van der Waals surface area (Å²) in [6.07, 6.45) is 1.26. The first-order chi connectivity index (χ1) is 13.1. The minimum Gasteiger partial charge on any atom is -0.493 e. The Morgan fingerprint density at radius 1 is 1.07 bits per heavy atom. The second-order valence-corrected chi connectivity index (χ2v) is 5.72. The predicted molar refractivity (Wildman–Crippen MR) is 102 cm³/mol. The van der Waals surface area contributed by atoms with Crippen molar-refractivity contribution < 1.29 is 14.3 Å². The summed E-state index contributed by atoms with van der Waals surface area (Å²) in [6, 6.07) is 13.5. The number of methoxy groups -OCH3 is 1. The van der Waals surface area contributed by atoms with Crippen LogP contribution in [0.5, 0.6) is 17.4 Å². The molecule has 0 aliphatic rings. The first kappa shape index (κ1) is 18.3. The van der Waals surface area contributed by atoms with Gasteiger partial charge in [0.05, 0.1) is 7.11 Å². The molecule has 138 valence electrons. The second kappa shape index (κ2) is 8.24. The van der Waals surface area contributed by atoms with E-state index < -0.39 is 0 Å². The van der Waals surface area contributed by atoms with E-state index in [4.69, 9.17) is 26.8 Å². The maximum absolute atomic E-state index is 12.2. The molecule has 27 heavy (non-hydrogen) atoms. The molecule has 0 aliphatic carbocycles. The molecule has 3 rings (SSSR count). The molecule has 0 radical (unpaired) electrons. The summed E-state index contributed by atoms with van der Waals surface area (Å²) in [7, 11) is 1.53. The van der Waals surface area contributed by atoms with Crippen molar-refractivity contribution in [3.05, 3.63) is 65.4 Å². The number of nitrogens with two attached hydrogens (primary N) is 1. The van der Waals surface area contributed by atoms with E-state index in [2.05, 4.69) is 20.8 Å². The summed E-state index contributed by atoms with van der Waals surface area (Å²) in [6.45, 7) is 0. The quantitative estimate of drug-likeness (QED) is 0.558. The Morgan fingerprint density at radius 2 is 1.78 bits per heavy atom. The summed E-state index contributed by atoms with van der Waals surface area (Å²) in [4.78, 5) is 20.2. The number of nitrogen functional groups attached to an aromatic ring is 1. The third-order valence-electron chi connectivity index (χ3n) is 3.52. The number of amides is 1. The number of rotatable bonds is 6. The topological polar surface area (TPSA) is 111 Å². The van der Waals surface area contributed by atoms with Crippen molar-refractivity contribution in [2.24, 2.45) is 0 Å². The number of ether oxygens (including phenoxy) is 2. The van der Waals surface area contributed by atoms with Crippen LogP contribution in [0.4, 0.5) is 11.5 Å². The molecule has 9 heteroatoms. The number of carbonyl (C=O) groups is 1. The van der Waals surface area contributed by atoms with Crippen LogP contribution in [0.25, 0.3) is 0 Å². The molecule has 0 saturated heterocycles. The largest absolute Gasteiger partial charge is 0.493 e. The number of nitrogens with one attached hydrogen (secondary N) is 2. The Balaban J connectivity index is 1.73. The van der Waals surface area contributed by atoms with E-state index in [1.807, 2.05) is 6.07 Å². The van der Waals surface area contributed by atoms with Crippen LogP contribution in [0, 0.1) is 0 Å². The summed E-state index contributed by atoms with van der Waals surface area (Å²) in [5.74, 6) is 0.912. The minimum absolute atomic E-state index is 0.123. The van der Waals surface area contributed by atoms with E-state index in [1.54, 1.807) is 42.5 Å². The van der Waals surface area contributed by atoms with Gasteiger partial charge in [0.15, 0.2) is 17.3 Å². The van der Waals surface area contributed by atoms with Gasteiger partial charge in [-0.15, -0.1) is 0 Å². The SMILES string of the molecule is COc1ccccc1Oc1ncnc(NNC(=O)c2ccc(Cl)cc2)c1N. The van der Waals surface area contributed by atoms with Crippen molar-refractivity contribution in [3.8, 4) is 17.4 Å². The number of anilines is 2. The molecular weight excluding hydrogens is 370 g/mol. The molecule has 3 aromatic rings. The Morgan fingerprint density at radius 3 is 2.48 bits per heavy atom. The monoisotopic (exact) mass is 385 g/mol. The number of benzene rings is 2. The zero-order valence-electron chi connectivity index (χ0n) is 14.3. The zero-order valence-corrected chi connectivity index (χ0v) is 15.0. The maximum atomic E-state index is 12.2. The van der Waals surface area contributed by atoms with E-state index >= 15 is 0 Å². The van der Waals surface area contributed by atoms with Crippen molar-refractivity contribution in [2.75, 3.05) is 18.3 Å². The highest BCUT2D eigenvalue weighted by atomic mass is 35.5. The van der Waals surface area contributed by atoms with Gasteiger partial charge in [0.2, 0.25) is 5.88 Å². The van der Waals surface area contributed by atoms with Gasteiger partial charge in [-0.05, 0) is 36.4 Å². The first-order valence-electron chi connectivity index (χ1n) is 7.81. The van der Waals surface area contributed by atoms with Crippen molar-refractivity contribution in [3.63, 3.8) is 0 Å². The Bertz CT molecular complexity index is 950. The normalized spacial score (nSPS) is 10.1. The molecular formula is C18H16ClN5O3. The minimum atomic E-state index is -0.378. The third kappa shape index (κ3) is 4.36. The molecule has 8 nitrogen and oxygen atoms in total. The fourth-order valence-corrected chi connectivity index (χ4v) is 2.28. The second-order valence-electron chi connectivity index (χ2n) is 5.28. The van der Waals surface area contributed by atoms with E-state index in [1.165, 1.54) is 13.4 Å². The van der Waals surface area contributed by atoms with Crippen LogP contribution in [-0.2, 0) is 0 Å². The standard InChI is InChI=1S/C18H16ClN5O3/c1-26-13-4-2-3-5-14(13)27-18-15(20)16(21-10-22-18)23-24-17(25)11-6-8-12(19)9-7-11/h2-10H,20H2,1H3,(H,24,25)(H,21,22,23). The van der Waals surface area contributed by atoms with E-state index in [-0.39, 0.29) is 23.3 Å². The molecule has 0 unspecified atom stereocenters. The van der Waals surface area contributed by atoms with Gasteiger partial charge >= 0.3 is 0 Å². The smallest absolute Gasteiger partial charge is 0.269 e. The number of nitrogens with zero attached hydrogens (tertiary/aromatic N) is 2. The lowest BCUT2D eigenvalue weighted by Crippen LogP contribution is -2.30. The van der Waals surface area contributed by atoms with Crippen LogP contribution in [0.3, 0.4) is 0 Å². The van der Waals surface area contributed by atoms with E-state index in [9.17, 15) is 4.79 Å². The van der Waals surface area contributed by atoms with Crippen LogP contribution in [0.1, 0.15) is 10.4 Å². The number of hydrazine groups is 1. The molecule has 2 aromatic carbocycles. The molecule has 0 fully saturated rings. The molecule has 0 saturated carbocycles. The van der Waals surface area contributed by atoms with Gasteiger partial charge in [0.25, 0.3) is 5.91 Å². The van der Waals surface area contributed by atoms with E-state index in [0.717, 1.165) is 0 Å². The predicted octanol–water partition coefficient (Wildman–Crippen LogP) is 3.27. The number of hydrogen-bond acceptors (Lipinski definition) is 7. The highest BCUT2D eigenvalue weighted by Gasteiger charge is 2.13. The fraction of sp³-hybridized carbons (Fsp3) is 0.0556. The van der Waals surface area contributed by atoms with Crippen molar-refractivity contribution in [1.29, 1.82) is 0 Å². The van der Waals surface area contributed by atoms with Gasteiger partial charge in [-0.25, -0.2) is 4.98 Å². The number of hydrogen-bond donors (Lipinski definition) is 3. The van der Waals surface area contributed by atoms with Gasteiger partial charge in [-0.3, -0.25) is 15.6 Å². The molecule has 4 N–H and O–H groups in total. The summed E-state index contributed by atoms with van der Waals surface area (Å²) in [5, 5.41) is 0.540. The summed E-state index contributed by atoms with van der Waals surface area (Å²) in [5.41, 5.74) is 11.8. The highest BCUT2D eigenvalue weighted by molar-refractivity contribution is 6.30. The van der Waals surface area contributed by atoms with Crippen molar-refractivity contribution in [1.82, 2.24) is 15.4 Å². The third-order valence-corrected chi connectivity index (χ3v) is 3.78. The van der Waals surface area contributed by atoms with Gasteiger partial charge in [-0.2, -0.15) is 4.98 Å². The van der Waals surface area contributed by atoms with Gasteiger partial charge in [0, 0.05) is 10.6 Å². The lowest BCUT2D eigenvalue weighted by Gasteiger charge is -2.13. The number of aromatic nitrogens is 2. The van der Waals surface area contributed by atoms with Crippen molar-refractivity contribution >= 4 is 29.0 Å². The van der Waals surface area contributed by atoms with Crippen LogP contribution in [0.15, 0.2) is 54.9 Å². The zero-order chi connectivity index (χ0) is 19.2. The Labute approximate surface area is 160 Å². The molecule has 1 amide bonds. The van der Waals surface area contributed by atoms with Crippen LogP contribution in [0.2, 0.25) is 5.02 Å².